The molecule has 0 heterocycles. The summed E-state index contributed by atoms with van der Waals surface area (Å²) in [6.07, 6.45) is -0.597. The number of carbonyl (C=O) groups is 2. The van der Waals surface area contributed by atoms with Crippen molar-refractivity contribution in [1.82, 2.24) is 5.32 Å². The summed E-state index contributed by atoms with van der Waals surface area (Å²) in [7, 11) is 1.57. The molecule has 0 radical (unpaired) electrons. The Labute approximate surface area is 112 Å². The zero-order valence-corrected chi connectivity index (χ0v) is 11.4. The molecule has 0 aromatic heterocycles. The Morgan fingerprint density at radius 2 is 1.89 bits per heavy atom. The first kappa shape index (κ1) is 15.2. The summed E-state index contributed by atoms with van der Waals surface area (Å²) >= 11 is 0. The Kier molecular flexibility index (Phi) is 6.02. The molecule has 104 valence electrons. The Hall–Kier alpha value is -1.88. The first-order valence-corrected chi connectivity index (χ1v) is 6.09. The van der Waals surface area contributed by atoms with Gasteiger partial charge in [0.2, 0.25) is 0 Å². The summed E-state index contributed by atoms with van der Waals surface area (Å²) in [5, 5.41) is 2.69. The normalized spacial score (nSPS) is 11.7. The second-order valence-electron chi connectivity index (χ2n) is 4.12. The molecular weight excluding hydrogens is 246 g/mol. The predicted octanol–water partition coefficient (Wildman–Crippen LogP) is 1.42. The average Bonchev–Trinajstić information content (AvgIpc) is 2.39. The molecule has 0 aliphatic heterocycles. The standard InChI is InChI=1S/C14H19NO4/c1-10(16)12-4-6-13(7-5-12)19-11(2)14(17)15-8-9-18-3/h4-7,11H,8-9H2,1-3H3,(H,15,17). The van der Waals surface area contributed by atoms with E-state index >= 15 is 0 Å². The number of nitrogens with one attached hydrogen (secondary N) is 1. The maximum Gasteiger partial charge on any atom is 0.260 e. The number of Topliss-reactive ketones (excluding diaryl/α,β-unsaturated/α-hetero) is 1. The summed E-state index contributed by atoms with van der Waals surface area (Å²) in [6.45, 7) is 4.08. The average molecular weight is 265 g/mol. The third kappa shape index (κ3) is 5.09. The number of amides is 1. The van der Waals surface area contributed by atoms with Gasteiger partial charge >= 0.3 is 0 Å². The number of ether oxygens (including phenoxy) is 2. The Balaban J connectivity index is 2.49. The lowest BCUT2D eigenvalue weighted by Crippen LogP contribution is -2.37. The molecule has 0 spiro atoms. The Bertz CT molecular complexity index is 428. The monoisotopic (exact) mass is 265 g/mol. The van der Waals surface area contributed by atoms with Crippen LogP contribution in [0, 0.1) is 0 Å². The van der Waals surface area contributed by atoms with Gasteiger partial charge in [-0.25, -0.2) is 0 Å². The lowest BCUT2D eigenvalue weighted by Gasteiger charge is -2.14. The van der Waals surface area contributed by atoms with Crippen molar-refractivity contribution in [2.45, 2.75) is 20.0 Å². The highest BCUT2D eigenvalue weighted by Gasteiger charge is 2.13. The van der Waals surface area contributed by atoms with Crippen LogP contribution >= 0.6 is 0 Å². The first-order chi connectivity index (χ1) is 9.04. The summed E-state index contributed by atoms with van der Waals surface area (Å²) in [4.78, 5) is 22.8. The van der Waals surface area contributed by atoms with Crippen LogP contribution in [0.15, 0.2) is 24.3 Å². The Morgan fingerprint density at radius 1 is 1.26 bits per heavy atom. The molecule has 1 N–H and O–H groups in total. The van der Waals surface area contributed by atoms with Crippen LogP contribution < -0.4 is 10.1 Å². The number of methoxy groups -OCH3 is 1. The fourth-order valence-electron chi connectivity index (χ4n) is 1.45. The van der Waals surface area contributed by atoms with Crippen molar-refractivity contribution in [2.75, 3.05) is 20.3 Å². The molecule has 0 bridgehead atoms. The molecule has 5 nitrogen and oxygen atoms in total. The third-order valence-corrected chi connectivity index (χ3v) is 2.55. The highest BCUT2D eigenvalue weighted by Crippen LogP contribution is 2.14. The number of benzene rings is 1. The number of hydrogen-bond donors (Lipinski definition) is 1. The second kappa shape index (κ2) is 7.53. The van der Waals surface area contributed by atoms with E-state index in [2.05, 4.69) is 5.32 Å². The van der Waals surface area contributed by atoms with E-state index in [1.807, 2.05) is 0 Å². The van der Waals surface area contributed by atoms with Crippen LogP contribution in [0.3, 0.4) is 0 Å². The van der Waals surface area contributed by atoms with Crippen molar-refractivity contribution in [3.05, 3.63) is 29.8 Å². The molecule has 5 heteroatoms. The van der Waals surface area contributed by atoms with Gasteiger partial charge in [0, 0.05) is 19.2 Å². The molecule has 19 heavy (non-hydrogen) atoms. The van der Waals surface area contributed by atoms with E-state index in [0.717, 1.165) is 0 Å². The van der Waals surface area contributed by atoms with Crippen LogP contribution in [0.1, 0.15) is 24.2 Å². The Morgan fingerprint density at radius 3 is 2.42 bits per heavy atom. The number of hydrogen-bond acceptors (Lipinski definition) is 4. The van der Waals surface area contributed by atoms with E-state index in [1.165, 1.54) is 6.92 Å². The molecule has 1 unspecified atom stereocenters. The van der Waals surface area contributed by atoms with Crippen LogP contribution in [0.25, 0.3) is 0 Å². The van der Waals surface area contributed by atoms with Crippen molar-refractivity contribution in [3.63, 3.8) is 0 Å². The van der Waals surface area contributed by atoms with Gasteiger partial charge in [-0.05, 0) is 38.1 Å². The van der Waals surface area contributed by atoms with Gasteiger partial charge in [-0.2, -0.15) is 0 Å². The van der Waals surface area contributed by atoms with Gasteiger partial charge in [0.1, 0.15) is 5.75 Å². The van der Waals surface area contributed by atoms with Crippen molar-refractivity contribution in [3.8, 4) is 5.75 Å². The lowest BCUT2D eigenvalue weighted by atomic mass is 10.1. The SMILES string of the molecule is COCCNC(=O)C(C)Oc1ccc(C(C)=O)cc1. The van der Waals surface area contributed by atoms with Gasteiger partial charge < -0.3 is 14.8 Å². The van der Waals surface area contributed by atoms with Crippen LogP contribution in [0.4, 0.5) is 0 Å². The molecule has 0 fully saturated rings. The van der Waals surface area contributed by atoms with Crippen LogP contribution in [-0.4, -0.2) is 38.1 Å². The first-order valence-electron chi connectivity index (χ1n) is 6.09. The number of rotatable bonds is 7. The van der Waals surface area contributed by atoms with E-state index in [9.17, 15) is 9.59 Å². The molecule has 0 saturated heterocycles. The smallest absolute Gasteiger partial charge is 0.260 e. The molecule has 0 aliphatic rings. The van der Waals surface area contributed by atoms with Gasteiger partial charge in [-0.3, -0.25) is 9.59 Å². The second-order valence-corrected chi connectivity index (χ2v) is 4.12. The van der Waals surface area contributed by atoms with Crippen LogP contribution in [-0.2, 0) is 9.53 Å². The molecule has 0 saturated carbocycles. The summed E-state index contributed by atoms with van der Waals surface area (Å²) in [5.41, 5.74) is 0.615. The lowest BCUT2D eigenvalue weighted by molar-refractivity contribution is -0.127. The minimum Gasteiger partial charge on any atom is -0.481 e. The highest BCUT2D eigenvalue weighted by atomic mass is 16.5. The fraction of sp³-hybridized carbons (Fsp3) is 0.429. The van der Waals surface area contributed by atoms with E-state index < -0.39 is 6.10 Å². The summed E-state index contributed by atoms with van der Waals surface area (Å²) in [6, 6.07) is 6.70. The predicted molar refractivity (Wildman–Crippen MR) is 71.4 cm³/mol. The van der Waals surface area contributed by atoms with Gasteiger partial charge in [0.25, 0.3) is 5.91 Å². The van der Waals surface area contributed by atoms with Crippen molar-refractivity contribution >= 4 is 11.7 Å². The van der Waals surface area contributed by atoms with Crippen LogP contribution in [0.5, 0.6) is 5.75 Å². The maximum atomic E-state index is 11.7. The highest BCUT2D eigenvalue weighted by molar-refractivity contribution is 5.94. The molecule has 1 atom stereocenters. The van der Waals surface area contributed by atoms with E-state index in [0.29, 0.717) is 24.5 Å². The van der Waals surface area contributed by atoms with Crippen molar-refractivity contribution in [2.24, 2.45) is 0 Å². The summed E-state index contributed by atoms with van der Waals surface area (Å²) in [5.74, 6) is 0.351. The van der Waals surface area contributed by atoms with Crippen molar-refractivity contribution < 1.29 is 19.1 Å². The number of carbonyl (C=O) groups excluding carboxylic acids is 2. The molecule has 1 aromatic carbocycles. The zero-order chi connectivity index (χ0) is 14.3. The molecule has 0 aliphatic carbocycles. The van der Waals surface area contributed by atoms with E-state index in [1.54, 1.807) is 38.3 Å². The van der Waals surface area contributed by atoms with Gasteiger partial charge in [0.05, 0.1) is 6.61 Å². The van der Waals surface area contributed by atoms with Gasteiger partial charge in [0.15, 0.2) is 11.9 Å². The topological polar surface area (TPSA) is 64.6 Å². The minimum atomic E-state index is -0.597. The fourth-order valence-corrected chi connectivity index (χ4v) is 1.45. The molecular formula is C14H19NO4. The van der Waals surface area contributed by atoms with E-state index in [-0.39, 0.29) is 11.7 Å². The summed E-state index contributed by atoms with van der Waals surface area (Å²) < 4.78 is 10.3. The molecule has 1 amide bonds. The molecule has 1 aromatic rings. The third-order valence-electron chi connectivity index (χ3n) is 2.55. The van der Waals surface area contributed by atoms with E-state index in [4.69, 9.17) is 9.47 Å². The van der Waals surface area contributed by atoms with Gasteiger partial charge in [-0.15, -0.1) is 0 Å². The molecule has 1 rings (SSSR count). The quantitative estimate of drug-likeness (QED) is 0.598. The maximum absolute atomic E-state index is 11.7. The minimum absolute atomic E-state index is 0.00286. The zero-order valence-electron chi connectivity index (χ0n) is 11.4. The van der Waals surface area contributed by atoms with Crippen molar-refractivity contribution in [1.29, 1.82) is 0 Å². The van der Waals surface area contributed by atoms with Gasteiger partial charge in [-0.1, -0.05) is 0 Å². The largest absolute Gasteiger partial charge is 0.481 e. The number of ketones is 1. The van der Waals surface area contributed by atoms with Crippen LogP contribution in [0.2, 0.25) is 0 Å².